The Bertz CT molecular complexity index is 522. The zero-order valence-corrected chi connectivity index (χ0v) is 14.0. The van der Waals surface area contributed by atoms with Gasteiger partial charge >= 0.3 is 0 Å². The van der Waals surface area contributed by atoms with Gasteiger partial charge < -0.3 is 5.32 Å². The molecule has 1 saturated heterocycles. The summed E-state index contributed by atoms with van der Waals surface area (Å²) in [7, 11) is -3.34. The number of nitrogens with one attached hydrogen (secondary N) is 1. The molecule has 2 rings (SSSR count). The van der Waals surface area contributed by atoms with Gasteiger partial charge in [-0.3, -0.25) is 0 Å². The van der Waals surface area contributed by atoms with Crippen LogP contribution in [0, 0.1) is 5.92 Å². The van der Waals surface area contributed by atoms with Gasteiger partial charge in [-0.1, -0.05) is 18.5 Å². The Kier molecular flexibility index (Phi) is 5.86. The van der Waals surface area contributed by atoms with Gasteiger partial charge in [-0.2, -0.15) is 4.31 Å². The van der Waals surface area contributed by atoms with Gasteiger partial charge in [0.05, 0.1) is 4.34 Å². The lowest BCUT2D eigenvalue weighted by molar-refractivity contribution is 0.268. The first-order valence-electron chi connectivity index (χ1n) is 7.00. The Morgan fingerprint density at radius 3 is 2.65 bits per heavy atom. The maximum Gasteiger partial charge on any atom is 0.252 e. The molecule has 1 fully saturated rings. The minimum absolute atomic E-state index is 0.352. The van der Waals surface area contributed by atoms with Crippen molar-refractivity contribution in [2.24, 2.45) is 5.92 Å². The third-order valence-corrected chi connectivity index (χ3v) is 7.17. The highest BCUT2D eigenvalue weighted by Crippen LogP contribution is 2.30. The first kappa shape index (κ1) is 16.2. The molecule has 1 N–H and O–H groups in total. The molecule has 0 spiro atoms. The zero-order chi connectivity index (χ0) is 14.6. The predicted molar refractivity (Wildman–Crippen MR) is 84.0 cm³/mol. The van der Waals surface area contributed by atoms with Gasteiger partial charge in [0, 0.05) is 13.1 Å². The smallest absolute Gasteiger partial charge is 0.252 e. The van der Waals surface area contributed by atoms with Crippen molar-refractivity contribution in [3.63, 3.8) is 0 Å². The van der Waals surface area contributed by atoms with Crippen LogP contribution in [-0.4, -0.2) is 38.9 Å². The lowest BCUT2D eigenvalue weighted by Gasteiger charge is -2.30. The Balaban J connectivity index is 1.90. The van der Waals surface area contributed by atoms with Crippen LogP contribution >= 0.6 is 22.9 Å². The highest BCUT2D eigenvalue weighted by atomic mass is 35.5. The molecule has 7 heteroatoms. The Labute approximate surface area is 130 Å². The van der Waals surface area contributed by atoms with E-state index in [0.717, 1.165) is 43.7 Å². The molecule has 1 aromatic heterocycles. The third kappa shape index (κ3) is 3.95. The van der Waals surface area contributed by atoms with E-state index in [9.17, 15) is 8.42 Å². The van der Waals surface area contributed by atoms with Crippen LogP contribution in [-0.2, 0) is 10.0 Å². The number of nitrogens with zero attached hydrogens (tertiary/aromatic N) is 1. The topological polar surface area (TPSA) is 49.4 Å². The normalized spacial score (nSPS) is 18.5. The van der Waals surface area contributed by atoms with Crippen molar-refractivity contribution in [3.8, 4) is 0 Å². The molecular weight excluding hydrogens is 316 g/mol. The molecule has 0 unspecified atom stereocenters. The number of hydrogen-bond donors (Lipinski definition) is 1. The number of thiophene rings is 1. The number of rotatable bonds is 6. The minimum atomic E-state index is -3.34. The van der Waals surface area contributed by atoms with Crippen molar-refractivity contribution in [3.05, 3.63) is 16.5 Å². The highest BCUT2D eigenvalue weighted by molar-refractivity contribution is 7.91. The summed E-state index contributed by atoms with van der Waals surface area (Å²) >= 11 is 6.96. The minimum Gasteiger partial charge on any atom is -0.316 e. The summed E-state index contributed by atoms with van der Waals surface area (Å²) in [6.07, 6.45) is 2.98. The lowest BCUT2D eigenvalue weighted by atomic mass is 9.98. The van der Waals surface area contributed by atoms with E-state index in [1.54, 1.807) is 16.4 Å². The van der Waals surface area contributed by atoms with Crippen molar-refractivity contribution in [1.29, 1.82) is 0 Å². The largest absolute Gasteiger partial charge is 0.316 e. The van der Waals surface area contributed by atoms with E-state index in [1.165, 1.54) is 0 Å². The fourth-order valence-electron chi connectivity index (χ4n) is 2.40. The molecular formula is C13H21ClN2O2S2. The molecule has 1 aliphatic rings. The molecule has 1 aromatic rings. The van der Waals surface area contributed by atoms with Crippen molar-refractivity contribution < 1.29 is 8.42 Å². The molecule has 0 radical (unpaired) electrons. The second kappa shape index (κ2) is 7.22. The Morgan fingerprint density at radius 2 is 2.10 bits per heavy atom. The van der Waals surface area contributed by atoms with E-state index in [4.69, 9.17) is 11.6 Å². The van der Waals surface area contributed by atoms with Gasteiger partial charge in [-0.05, 0) is 50.4 Å². The van der Waals surface area contributed by atoms with Crippen molar-refractivity contribution >= 4 is 33.0 Å². The maximum absolute atomic E-state index is 12.4. The predicted octanol–water partition coefficient (Wildman–Crippen LogP) is 2.80. The number of hydrogen-bond acceptors (Lipinski definition) is 4. The summed E-state index contributed by atoms with van der Waals surface area (Å²) in [6, 6.07) is 3.23. The molecule has 0 atom stereocenters. The van der Waals surface area contributed by atoms with Crippen molar-refractivity contribution in [2.75, 3.05) is 26.2 Å². The number of halogens is 1. The maximum atomic E-state index is 12.4. The van der Waals surface area contributed by atoms with Gasteiger partial charge in [0.1, 0.15) is 4.21 Å². The first-order valence-corrected chi connectivity index (χ1v) is 9.63. The number of piperidine rings is 1. The van der Waals surface area contributed by atoms with E-state index in [0.29, 0.717) is 27.6 Å². The average Bonchev–Trinajstić information content (AvgIpc) is 2.87. The highest BCUT2D eigenvalue weighted by Gasteiger charge is 2.30. The van der Waals surface area contributed by atoms with Crippen molar-refractivity contribution in [1.82, 2.24) is 9.62 Å². The number of sulfonamides is 1. The molecule has 2 heterocycles. The third-order valence-electron chi connectivity index (χ3n) is 3.58. The van der Waals surface area contributed by atoms with Gasteiger partial charge in [0.15, 0.2) is 0 Å². The quantitative estimate of drug-likeness (QED) is 0.813. The van der Waals surface area contributed by atoms with Crippen molar-refractivity contribution in [2.45, 2.75) is 30.4 Å². The second-order valence-electron chi connectivity index (χ2n) is 5.11. The molecule has 0 bridgehead atoms. The molecule has 0 aliphatic carbocycles. The molecule has 1 aliphatic heterocycles. The molecule has 20 heavy (non-hydrogen) atoms. The zero-order valence-electron chi connectivity index (χ0n) is 11.6. The summed E-state index contributed by atoms with van der Waals surface area (Å²) in [5.41, 5.74) is 0. The Hall–Kier alpha value is -0.140. The molecule has 114 valence electrons. The van der Waals surface area contributed by atoms with E-state index < -0.39 is 10.0 Å². The van der Waals surface area contributed by atoms with Crippen LogP contribution in [0.5, 0.6) is 0 Å². The van der Waals surface area contributed by atoms with Gasteiger partial charge in [-0.25, -0.2) is 8.42 Å². The van der Waals surface area contributed by atoms with E-state index >= 15 is 0 Å². The first-order chi connectivity index (χ1) is 9.54. The molecule has 0 aromatic carbocycles. The standard InChI is InChI=1S/C13H21ClN2O2S2/c1-2-7-15-10-11-5-8-16(9-6-11)20(17,18)13-4-3-12(14)19-13/h3-4,11,15H,2,5-10H2,1H3. The van der Waals surface area contributed by atoms with Crippen LogP contribution in [0.3, 0.4) is 0 Å². The van der Waals surface area contributed by atoms with Crippen LogP contribution in [0.2, 0.25) is 4.34 Å². The molecule has 0 amide bonds. The fraction of sp³-hybridized carbons (Fsp3) is 0.692. The summed E-state index contributed by atoms with van der Waals surface area (Å²) in [5.74, 6) is 0.583. The van der Waals surface area contributed by atoms with Crippen LogP contribution in [0.25, 0.3) is 0 Å². The van der Waals surface area contributed by atoms with Crippen LogP contribution in [0.1, 0.15) is 26.2 Å². The van der Waals surface area contributed by atoms with Gasteiger partial charge in [0.25, 0.3) is 10.0 Å². The van der Waals surface area contributed by atoms with E-state index in [2.05, 4.69) is 12.2 Å². The van der Waals surface area contributed by atoms with Crippen LogP contribution < -0.4 is 5.32 Å². The summed E-state index contributed by atoms with van der Waals surface area (Å²) in [5, 5.41) is 3.41. The average molecular weight is 337 g/mol. The van der Waals surface area contributed by atoms with E-state index in [1.807, 2.05) is 0 Å². The fourth-order valence-corrected chi connectivity index (χ4v) is 5.51. The summed E-state index contributed by atoms with van der Waals surface area (Å²) in [4.78, 5) is 0. The summed E-state index contributed by atoms with van der Waals surface area (Å²) in [6.45, 7) is 5.39. The van der Waals surface area contributed by atoms with Crippen LogP contribution in [0.4, 0.5) is 0 Å². The monoisotopic (exact) mass is 336 g/mol. The van der Waals surface area contributed by atoms with E-state index in [-0.39, 0.29) is 0 Å². The van der Waals surface area contributed by atoms with Gasteiger partial charge in [0.2, 0.25) is 0 Å². The van der Waals surface area contributed by atoms with Gasteiger partial charge in [-0.15, -0.1) is 11.3 Å². The lowest BCUT2D eigenvalue weighted by Crippen LogP contribution is -2.40. The SMILES string of the molecule is CCCNCC1CCN(S(=O)(=O)c2ccc(Cl)s2)CC1. The molecule has 4 nitrogen and oxygen atoms in total. The Morgan fingerprint density at radius 1 is 1.40 bits per heavy atom. The van der Waals surface area contributed by atoms with Crippen LogP contribution in [0.15, 0.2) is 16.3 Å². The second-order valence-corrected chi connectivity index (χ2v) is 8.99. The molecule has 0 saturated carbocycles. The summed E-state index contributed by atoms with van der Waals surface area (Å²) < 4.78 is 27.3.